The Morgan fingerprint density at radius 3 is 2.28 bits per heavy atom. The Morgan fingerprint density at radius 1 is 0.917 bits per heavy atom. The third-order valence-electron chi connectivity index (χ3n) is 7.02. The van der Waals surface area contributed by atoms with Crippen LogP contribution in [0.2, 0.25) is 0 Å². The topological polar surface area (TPSA) is 49.4 Å². The lowest BCUT2D eigenvalue weighted by Gasteiger charge is -2.32. The van der Waals surface area contributed by atoms with Crippen molar-refractivity contribution < 1.29 is 14.0 Å². The molecule has 188 valence electrons. The van der Waals surface area contributed by atoms with Crippen molar-refractivity contribution in [2.75, 3.05) is 0 Å². The number of nitrogens with one attached hydrogen (secondary N) is 1. The van der Waals surface area contributed by atoms with Gasteiger partial charge in [-0.15, -0.1) is 0 Å². The van der Waals surface area contributed by atoms with Crippen LogP contribution in [0.4, 0.5) is 4.39 Å². The van der Waals surface area contributed by atoms with Gasteiger partial charge in [0, 0.05) is 31.0 Å². The van der Waals surface area contributed by atoms with Crippen LogP contribution in [0.5, 0.6) is 0 Å². The first-order valence-corrected chi connectivity index (χ1v) is 12.9. The zero-order chi connectivity index (χ0) is 25.3. The van der Waals surface area contributed by atoms with Gasteiger partial charge in [-0.2, -0.15) is 0 Å². The van der Waals surface area contributed by atoms with Crippen molar-refractivity contribution in [3.63, 3.8) is 0 Å². The highest BCUT2D eigenvalue weighted by Gasteiger charge is 2.32. The molecule has 3 aromatic rings. The largest absolute Gasteiger partial charge is 0.352 e. The van der Waals surface area contributed by atoms with Crippen molar-refractivity contribution >= 4 is 11.8 Å². The predicted molar refractivity (Wildman–Crippen MR) is 141 cm³/mol. The van der Waals surface area contributed by atoms with Crippen LogP contribution in [0.1, 0.15) is 54.4 Å². The number of halogens is 1. The van der Waals surface area contributed by atoms with Crippen LogP contribution in [-0.4, -0.2) is 28.8 Å². The first-order chi connectivity index (χ1) is 17.5. The van der Waals surface area contributed by atoms with E-state index in [0.29, 0.717) is 18.4 Å². The number of hydrogen-bond donors (Lipinski definition) is 1. The Bertz CT molecular complexity index is 1140. The first-order valence-electron chi connectivity index (χ1n) is 12.9. The number of amides is 2. The van der Waals surface area contributed by atoms with Crippen molar-refractivity contribution in [2.24, 2.45) is 0 Å². The van der Waals surface area contributed by atoms with E-state index in [4.69, 9.17) is 0 Å². The molecule has 0 unspecified atom stereocenters. The molecule has 0 saturated heterocycles. The summed E-state index contributed by atoms with van der Waals surface area (Å²) in [4.78, 5) is 28.9. The zero-order valence-corrected chi connectivity index (χ0v) is 21.0. The Balaban J connectivity index is 1.61. The molecule has 0 bridgehead atoms. The third-order valence-corrected chi connectivity index (χ3v) is 7.02. The van der Waals surface area contributed by atoms with Gasteiger partial charge in [0.25, 0.3) is 0 Å². The molecule has 0 aromatic heterocycles. The molecular formula is C31H35FN2O2. The standard InChI is InChI=1S/C31H35FN2O2/c1-23-15-17-24(18-16-23)19-20-30(35)34(22-26-11-5-8-14-28(26)32)29(21-25-9-3-2-4-10-25)31(36)33-27-12-6-7-13-27/h2-5,8-11,14-18,27,29H,6-7,12-13,19-22H2,1H3,(H,33,36)/t29-/m0/s1. The molecule has 2 amide bonds. The van der Waals surface area contributed by atoms with Gasteiger partial charge in [-0.3, -0.25) is 9.59 Å². The van der Waals surface area contributed by atoms with Crippen LogP contribution in [0.15, 0.2) is 78.9 Å². The fourth-order valence-electron chi connectivity index (χ4n) is 4.88. The molecule has 1 N–H and O–H groups in total. The van der Waals surface area contributed by atoms with Crippen molar-refractivity contribution in [3.05, 3.63) is 107 Å². The molecule has 1 aliphatic carbocycles. The molecular weight excluding hydrogens is 451 g/mol. The molecule has 0 radical (unpaired) electrons. The fourth-order valence-corrected chi connectivity index (χ4v) is 4.88. The smallest absolute Gasteiger partial charge is 0.243 e. The lowest BCUT2D eigenvalue weighted by Crippen LogP contribution is -2.52. The minimum atomic E-state index is -0.724. The summed E-state index contributed by atoms with van der Waals surface area (Å²) < 4.78 is 14.7. The van der Waals surface area contributed by atoms with Crippen LogP contribution in [0.3, 0.4) is 0 Å². The van der Waals surface area contributed by atoms with E-state index in [-0.39, 0.29) is 36.6 Å². The van der Waals surface area contributed by atoms with Gasteiger partial charge in [-0.1, -0.05) is 91.2 Å². The average Bonchev–Trinajstić information content (AvgIpc) is 3.40. The highest BCUT2D eigenvalue weighted by atomic mass is 19.1. The minimum absolute atomic E-state index is 0.0506. The van der Waals surface area contributed by atoms with Gasteiger partial charge >= 0.3 is 0 Å². The molecule has 1 aliphatic rings. The second kappa shape index (κ2) is 12.5. The van der Waals surface area contributed by atoms with Gasteiger partial charge < -0.3 is 10.2 Å². The van der Waals surface area contributed by atoms with Gasteiger partial charge in [0.1, 0.15) is 11.9 Å². The maximum atomic E-state index is 14.7. The third kappa shape index (κ3) is 7.03. The summed E-state index contributed by atoms with van der Waals surface area (Å²) in [7, 11) is 0. The maximum Gasteiger partial charge on any atom is 0.243 e. The summed E-state index contributed by atoms with van der Waals surface area (Å²) in [6, 6.07) is 23.7. The summed E-state index contributed by atoms with van der Waals surface area (Å²) >= 11 is 0. The molecule has 0 spiro atoms. The van der Waals surface area contributed by atoms with E-state index in [1.165, 1.54) is 6.07 Å². The van der Waals surface area contributed by atoms with E-state index in [0.717, 1.165) is 42.4 Å². The first kappa shape index (κ1) is 25.6. The maximum absolute atomic E-state index is 14.7. The van der Waals surface area contributed by atoms with E-state index in [2.05, 4.69) is 5.32 Å². The molecule has 0 aliphatic heterocycles. The lowest BCUT2D eigenvalue weighted by atomic mass is 10.0. The summed E-state index contributed by atoms with van der Waals surface area (Å²) in [5.41, 5.74) is 3.61. The zero-order valence-electron chi connectivity index (χ0n) is 21.0. The number of nitrogens with zero attached hydrogens (tertiary/aromatic N) is 1. The van der Waals surface area contributed by atoms with Crippen molar-refractivity contribution in [3.8, 4) is 0 Å². The van der Waals surface area contributed by atoms with Gasteiger partial charge in [0.15, 0.2) is 0 Å². The number of carbonyl (C=O) groups is 2. The summed E-state index contributed by atoms with van der Waals surface area (Å²) in [5, 5.41) is 3.19. The molecule has 4 rings (SSSR count). The highest BCUT2D eigenvalue weighted by Crippen LogP contribution is 2.21. The van der Waals surface area contributed by atoms with Gasteiger partial charge in [0.05, 0.1) is 0 Å². The van der Waals surface area contributed by atoms with Crippen molar-refractivity contribution in [1.29, 1.82) is 0 Å². The van der Waals surface area contributed by atoms with Crippen LogP contribution in [-0.2, 0) is 29.0 Å². The molecule has 5 heteroatoms. The summed E-state index contributed by atoms with van der Waals surface area (Å²) in [6.45, 7) is 2.08. The number of benzene rings is 3. The van der Waals surface area contributed by atoms with Crippen molar-refractivity contribution in [1.82, 2.24) is 10.2 Å². The molecule has 1 saturated carbocycles. The monoisotopic (exact) mass is 486 g/mol. The van der Waals surface area contributed by atoms with Crippen LogP contribution >= 0.6 is 0 Å². The fraction of sp³-hybridized carbons (Fsp3) is 0.355. The van der Waals surface area contributed by atoms with E-state index in [1.54, 1.807) is 23.1 Å². The number of aryl methyl sites for hydroxylation is 2. The Hall–Kier alpha value is -3.47. The van der Waals surface area contributed by atoms with Crippen molar-refractivity contribution in [2.45, 2.75) is 70.5 Å². The van der Waals surface area contributed by atoms with Gasteiger partial charge in [-0.05, 0) is 43.4 Å². The van der Waals surface area contributed by atoms with Crippen LogP contribution in [0.25, 0.3) is 0 Å². The lowest BCUT2D eigenvalue weighted by molar-refractivity contribution is -0.141. The summed E-state index contributed by atoms with van der Waals surface area (Å²) in [6.07, 6.45) is 5.31. The van der Waals surface area contributed by atoms with Crippen LogP contribution in [0, 0.1) is 12.7 Å². The molecule has 1 fully saturated rings. The second-order valence-electron chi connectivity index (χ2n) is 9.79. The van der Waals surface area contributed by atoms with E-state index >= 15 is 0 Å². The molecule has 3 aromatic carbocycles. The Labute approximate surface area is 213 Å². The number of rotatable bonds is 10. The Morgan fingerprint density at radius 2 is 1.58 bits per heavy atom. The predicted octanol–water partition coefficient (Wildman–Crippen LogP) is 5.77. The minimum Gasteiger partial charge on any atom is -0.352 e. The molecule has 1 atom stereocenters. The van der Waals surface area contributed by atoms with Crippen LogP contribution < -0.4 is 5.32 Å². The average molecular weight is 487 g/mol. The number of hydrogen-bond acceptors (Lipinski definition) is 2. The molecule has 36 heavy (non-hydrogen) atoms. The van der Waals surface area contributed by atoms with Gasteiger partial charge in [-0.25, -0.2) is 4.39 Å². The molecule has 0 heterocycles. The summed E-state index contributed by atoms with van der Waals surface area (Å²) in [5.74, 6) is -0.685. The molecule has 4 nitrogen and oxygen atoms in total. The van der Waals surface area contributed by atoms with Gasteiger partial charge in [0.2, 0.25) is 11.8 Å². The van der Waals surface area contributed by atoms with E-state index < -0.39 is 6.04 Å². The van der Waals surface area contributed by atoms with E-state index in [9.17, 15) is 14.0 Å². The number of carbonyl (C=O) groups excluding carboxylic acids is 2. The Kier molecular flexibility index (Phi) is 8.88. The highest BCUT2D eigenvalue weighted by molar-refractivity contribution is 5.88. The second-order valence-corrected chi connectivity index (χ2v) is 9.79. The van der Waals surface area contributed by atoms with E-state index in [1.807, 2.05) is 61.5 Å². The SMILES string of the molecule is Cc1ccc(CCC(=O)N(Cc2ccccc2F)[C@@H](Cc2ccccc2)C(=O)NC2CCCC2)cc1. The normalized spacial score (nSPS) is 14.4. The quantitative estimate of drug-likeness (QED) is 0.396.